The highest BCUT2D eigenvalue weighted by atomic mass is 16.5. The van der Waals surface area contributed by atoms with Gasteiger partial charge in [0.1, 0.15) is 0 Å². The molecule has 0 saturated carbocycles. The van der Waals surface area contributed by atoms with Crippen LogP contribution in [0.15, 0.2) is 10.9 Å². The number of rotatable bonds is 4. The maximum atomic E-state index is 12.2. The molecule has 1 fully saturated rings. The second-order valence-electron chi connectivity index (χ2n) is 4.69. The van der Waals surface area contributed by atoms with E-state index < -0.39 is 0 Å². The van der Waals surface area contributed by atoms with Gasteiger partial charge in [0.25, 0.3) is 0 Å². The van der Waals surface area contributed by atoms with Crippen LogP contribution in [-0.4, -0.2) is 40.1 Å². The topological polar surface area (TPSA) is 71.3 Å². The van der Waals surface area contributed by atoms with E-state index in [1.165, 1.54) is 19.2 Å². The number of likely N-dealkylation sites (tertiary alicyclic amines) is 1. The van der Waals surface area contributed by atoms with E-state index in [9.17, 15) is 4.79 Å². The molecular weight excluding hydrogens is 232 g/mol. The molecule has 0 spiro atoms. The predicted octanol–water partition coefficient (Wildman–Crippen LogP) is 0.950. The van der Waals surface area contributed by atoms with Crippen LogP contribution in [0.3, 0.4) is 0 Å². The Morgan fingerprint density at radius 1 is 1.44 bits per heavy atom. The number of carbonyl (C=O) groups excluding carboxylic acids is 1. The fourth-order valence-corrected chi connectivity index (χ4v) is 2.17. The number of nitrogens with zero attached hydrogens (tertiary/aromatic N) is 3. The lowest BCUT2D eigenvalue weighted by molar-refractivity contribution is -0.133. The molecule has 2 heterocycles. The number of aromatic nitrogens is 2. The number of nitrogens with one attached hydrogen (secondary N) is 1. The third-order valence-corrected chi connectivity index (χ3v) is 3.26. The second kappa shape index (κ2) is 6.49. The third-order valence-electron chi connectivity index (χ3n) is 3.26. The van der Waals surface area contributed by atoms with Gasteiger partial charge in [-0.15, -0.1) is 0 Å². The Morgan fingerprint density at radius 3 is 2.78 bits per heavy atom. The summed E-state index contributed by atoms with van der Waals surface area (Å²) in [4.78, 5) is 18.1. The van der Waals surface area contributed by atoms with E-state index in [0.717, 1.165) is 25.9 Å². The van der Waals surface area contributed by atoms with Gasteiger partial charge in [0.05, 0.1) is 12.6 Å². The van der Waals surface area contributed by atoms with Crippen molar-refractivity contribution in [2.75, 3.05) is 13.1 Å². The molecule has 6 heteroatoms. The van der Waals surface area contributed by atoms with Gasteiger partial charge in [-0.2, -0.15) is 4.98 Å². The molecule has 1 aliphatic heterocycles. The van der Waals surface area contributed by atoms with Crippen LogP contribution in [0, 0.1) is 0 Å². The minimum absolute atomic E-state index is 0.167. The summed E-state index contributed by atoms with van der Waals surface area (Å²) in [5.74, 6) is 0.742. The van der Waals surface area contributed by atoms with Crippen LogP contribution in [-0.2, 0) is 11.3 Å². The highest BCUT2D eigenvalue weighted by Gasteiger charge is 2.21. The lowest BCUT2D eigenvalue weighted by Crippen LogP contribution is -2.45. The highest BCUT2D eigenvalue weighted by molar-refractivity contribution is 5.81. The number of carbonyl (C=O) groups is 1. The van der Waals surface area contributed by atoms with Gasteiger partial charge in [-0.05, 0) is 19.8 Å². The lowest BCUT2D eigenvalue weighted by Gasteiger charge is -2.24. The van der Waals surface area contributed by atoms with Gasteiger partial charge in [0.15, 0.2) is 5.82 Å². The molecule has 0 bridgehead atoms. The van der Waals surface area contributed by atoms with Crippen molar-refractivity contribution in [3.05, 3.63) is 12.2 Å². The van der Waals surface area contributed by atoms with E-state index in [1.54, 1.807) is 0 Å². The fourth-order valence-electron chi connectivity index (χ4n) is 2.17. The Balaban J connectivity index is 1.79. The molecule has 1 atom stereocenters. The van der Waals surface area contributed by atoms with Crippen molar-refractivity contribution in [3.63, 3.8) is 0 Å². The van der Waals surface area contributed by atoms with Crippen LogP contribution in [0.4, 0.5) is 0 Å². The van der Waals surface area contributed by atoms with Gasteiger partial charge < -0.3 is 9.42 Å². The Bertz CT molecular complexity index is 358. The van der Waals surface area contributed by atoms with Gasteiger partial charge >= 0.3 is 0 Å². The quantitative estimate of drug-likeness (QED) is 0.864. The number of hydrogen-bond donors (Lipinski definition) is 1. The molecule has 1 saturated heterocycles. The first-order valence-corrected chi connectivity index (χ1v) is 6.55. The smallest absolute Gasteiger partial charge is 0.239 e. The molecule has 18 heavy (non-hydrogen) atoms. The first-order chi connectivity index (χ1) is 8.77. The normalized spacial score (nSPS) is 18.4. The van der Waals surface area contributed by atoms with Gasteiger partial charge in [-0.3, -0.25) is 10.1 Å². The summed E-state index contributed by atoms with van der Waals surface area (Å²) in [6.45, 7) is 4.10. The van der Waals surface area contributed by atoms with Crippen LogP contribution in [0.2, 0.25) is 0 Å². The van der Waals surface area contributed by atoms with E-state index in [-0.39, 0.29) is 11.9 Å². The zero-order valence-electron chi connectivity index (χ0n) is 10.8. The number of hydrogen-bond acceptors (Lipinski definition) is 5. The average Bonchev–Trinajstić information content (AvgIpc) is 2.75. The number of amides is 1. The summed E-state index contributed by atoms with van der Waals surface area (Å²) in [6, 6.07) is -0.207. The third kappa shape index (κ3) is 3.53. The first-order valence-electron chi connectivity index (χ1n) is 6.55. The van der Waals surface area contributed by atoms with Crippen molar-refractivity contribution in [2.45, 2.75) is 45.2 Å². The zero-order valence-corrected chi connectivity index (χ0v) is 10.8. The van der Waals surface area contributed by atoms with Crippen molar-refractivity contribution in [1.29, 1.82) is 0 Å². The minimum atomic E-state index is -0.207. The lowest BCUT2D eigenvalue weighted by atomic mass is 10.2. The Kier molecular flexibility index (Phi) is 4.69. The van der Waals surface area contributed by atoms with E-state index in [4.69, 9.17) is 0 Å². The molecule has 6 nitrogen and oxygen atoms in total. The van der Waals surface area contributed by atoms with Crippen LogP contribution in [0.25, 0.3) is 0 Å². The summed E-state index contributed by atoms with van der Waals surface area (Å²) in [7, 11) is 0. The SMILES string of the molecule is CC(NCc1ncon1)C(=O)N1CCCCCC1. The Hall–Kier alpha value is -1.43. The summed E-state index contributed by atoms with van der Waals surface area (Å²) in [5.41, 5.74) is 0. The highest BCUT2D eigenvalue weighted by Crippen LogP contribution is 2.10. The van der Waals surface area contributed by atoms with Crippen LogP contribution in [0.1, 0.15) is 38.4 Å². The van der Waals surface area contributed by atoms with Gasteiger partial charge in [-0.25, -0.2) is 0 Å². The molecule has 1 aromatic rings. The van der Waals surface area contributed by atoms with Crippen LogP contribution >= 0.6 is 0 Å². The molecule has 1 aliphatic rings. The Labute approximate surface area is 107 Å². The van der Waals surface area contributed by atoms with E-state index >= 15 is 0 Å². The van der Waals surface area contributed by atoms with Gasteiger partial charge in [0.2, 0.25) is 12.3 Å². The second-order valence-corrected chi connectivity index (χ2v) is 4.69. The molecule has 0 aliphatic carbocycles. The van der Waals surface area contributed by atoms with Crippen molar-refractivity contribution in [1.82, 2.24) is 20.4 Å². The first kappa shape index (κ1) is 13.0. The molecule has 1 aromatic heterocycles. The molecule has 1 unspecified atom stereocenters. The summed E-state index contributed by atoms with van der Waals surface area (Å²) in [5, 5.41) is 6.83. The van der Waals surface area contributed by atoms with Crippen molar-refractivity contribution in [2.24, 2.45) is 0 Å². The van der Waals surface area contributed by atoms with E-state index in [0.29, 0.717) is 12.4 Å². The maximum absolute atomic E-state index is 12.2. The van der Waals surface area contributed by atoms with Crippen LogP contribution in [0.5, 0.6) is 0 Å². The molecular formula is C12H20N4O2. The predicted molar refractivity (Wildman–Crippen MR) is 65.6 cm³/mol. The van der Waals surface area contributed by atoms with Crippen molar-refractivity contribution in [3.8, 4) is 0 Å². The molecule has 2 rings (SSSR count). The van der Waals surface area contributed by atoms with Gasteiger partial charge in [-0.1, -0.05) is 18.0 Å². The van der Waals surface area contributed by atoms with Gasteiger partial charge in [0, 0.05) is 13.1 Å². The summed E-state index contributed by atoms with van der Waals surface area (Å²) < 4.78 is 4.64. The summed E-state index contributed by atoms with van der Waals surface area (Å²) >= 11 is 0. The molecule has 1 N–H and O–H groups in total. The van der Waals surface area contributed by atoms with Crippen molar-refractivity contribution < 1.29 is 9.32 Å². The van der Waals surface area contributed by atoms with E-state index in [1.807, 2.05) is 11.8 Å². The standard InChI is InChI=1S/C12H20N4O2/c1-10(13-8-11-14-9-18-15-11)12(17)16-6-4-2-3-5-7-16/h9-10,13H,2-8H2,1H3. The molecule has 0 radical (unpaired) electrons. The van der Waals surface area contributed by atoms with Crippen molar-refractivity contribution >= 4 is 5.91 Å². The molecule has 100 valence electrons. The fraction of sp³-hybridized carbons (Fsp3) is 0.750. The summed E-state index contributed by atoms with van der Waals surface area (Å²) in [6.07, 6.45) is 5.98. The largest absolute Gasteiger partial charge is 0.343 e. The molecule has 0 aromatic carbocycles. The average molecular weight is 252 g/mol. The maximum Gasteiger partial charge on any atom is 0.239 e. The van der Waals surface area contributed by atoms with E-state index in [2.05, 4.69) is 20.0 Å². The monoisotopic (exact) mass is 252 g/mol. The Morgan fingerprint density at radius 2 is 2.17 bits per heavy atom. The minimum Gasteiger partial charge on any atom is -0.343 e. The van der Waals surface area contributed by atoms with Crippen LogP contribution < -0.4 is 5.32 Å². The molecule has 1 amide bonds. The zero-order chi connectivity index (χ0) is 12.8.